The summed E-state index contributed by atoms with van der Waals surface area (Å²) in [5, 5.41) is 8.05. The van der Waals surface area contributed by atoms with E-state index in [1.807, 2.05) is 12.1 Å². The van der Waals surface area contributed by atoms with Crippen LogP contribution in [0.5, 0.6) is 5.88 Å². The smallest absolute Gasteiger partial charge is 0.251 e. The fourth-order valence-corrected chi connectivity index (χ4v) is 2.84. The molecule has 7 heteroatoms. The molecule has 2 aromatic heterocycles. The van der Waals surface area contributed by atoms with Crippen molar-refractivity contribution in [2.75, 3.05) is 7.11 Å². The van der Waals surface area contributed by atoms with E-state index in [9.17, 15) is 8.78 Å². The van der Waals surface area contributed by atoms with Gasteiger partial charge >= 0.3 is 0 Å². The van der Waals surface area contributed by atoms with Gasteiger partial charge in [0.25, 0.3) is 5.92 Å². The van der Waals surface area contributed by atoms with E-state index < -0.39 is 11.8 Å². The van der Waals surface area contributed by atoms with Crippen molar-refractivity contribution in [1.82, 2.24) is 20.0 Å². The zero-order valence-electron chi connectivity index (χ0n) is 12.4. The summed E-state index contributed by atoms with van der Waals surface area (Å²) in [6.07, 6.45) is 3.35. The predicted molar refractivity (Wildman–Crippen MR) is 76.7 cm³/mol. The minimum atomic E-state index is -2.53. The average Bonchev–Trinajstić information content (AvgIpc) is 3.11. The van der Waals surface area contributed by atoms with Gasteiger partial charge in [0.2, 0.25) is 5.88 Å². The number of nitrogens with zero attached hydrogens (tertiary/aromatic N) is 4. The Balaban J connectivity index is 1.66. The molecule has 0 N–H and O–H groups in total. The largest absolute Gasteiger partial charge is 0.481 e. The van der Waals surface area contributed by atoms with Gasteiger partial charge in [0.05, 0.1) is 19.0 Å². The lowest BCUT2D eigenvalue weighted by atomic mass is 10.0. The third-order valence-corrected chi connectivity index (χ3v) is 4.10. The Kier molecular flexibility index (Phi) is 4.04. The van der Waals surface area contributed by atoms with E-state index in [-0.39, 0.29) is 6.42 Å². The summed E-state index contributed by atoms with van der Waals surface area (Å²) in [6.45, 7) is 0.442. The third kappa shape index (κ3) is 3.08. The first-order valence-electron chi connectivity index (χ1n) is 7.38. The van der Waals surface area contributed by atoms with Gasteiger partial charge in [0.1, 0.15) is 5.69 Å². The van der Waals surface area contributed by atoms with Crippen LogP contribution in [0, 0.1) is 5.92 Å². The van der Waals surface area contributed by atoms with Gasteiger partial charge in [-0.2, -0.15) is 0 Å². The first-order chi connectivity index (χ1) is 10.6. The van der Waals surface area contributed by atoms with Gasteiger partial charge in [-0.3, -0.25) is 4.68 Å². The third-order valence-electron chi connectivity index (χ3n) is 4.10. The fourth-order valence-electron chi connectivity index (χ4n) is 2.84. The topological polar surface area (TPSA) is 52.8 Å². The number of ether oxygens (including phenoxy) is 1. The molecule has 0 spiro atoms. The number of methoxy groups -OCH3 is 1. The number of rotatable bonds is 5. The van der Waals surface area contributed by atoms with Crippen LogP contribution in [0.25, 0.3) is 11.4 Å². The Labute approximate surface area is 127 Å². The Hall–Kier alpha value is -2.05. The molecule has 0 bridgehead atoms. The quantitative estimate of drug-likeness (QED) is 0.851. The van der Waals surface area contributed by atoms with Crippen LogP contribution in [0.15, 0.2) is 24.4 Å². The highest BCUT2D eigenvalue weighted by Crippen LogP contribution is 2.42. The van der Waals surface area contributed by atoms with Crippen molar-refractivity contribution >= 4 is 0 Å². The minimum absolute atomic E-state index is 0.00794. The molecule has 3 rings (SSSR count). The number of alkyl halides is 2. The zero-order chi connectivity index (χ0) is 15.6. The summed E-state index contributed by atoms with van der Waals surface area (Å²) in [6, 6.07) is 5.37. The van der Waals surface area contributed by atoms with Gasteiger partial charge in [-0.1, -0.05) is 11.3 Å². The molecule has 2 aromatic rings. The molecule has 1 saturated carbocycles. The van der Waals surface area contributed by atoms with Crippen LogP contribution < -0.4 is 4.74 Å². The summed E-state index contributed by atoms with van der Waals surface area (Å²) >= 11 is 0. The maximum absolute atomic E-state index is 13.6. The van der Waals surface area contributed by atoms with E-state index in [4.69, 9.17) is 4.74 Å². The SMILES string of the molecule is COc1cccc(-c2cn(CCC3CCCC3(F)F)nn2)n1. The maximum Gasteiger partial charge on any atom is 0.251 e. The molecule has 0 amide bonds. The molecule has 1 aliphatic carbocycles. The van der Waals surface area contributed by atoms with Crippen molar-refractivity contribution in [1.29, 1.82) is 0 Å². The molecule has 1 unspecified atom stereocenters. The van der Waals surface area contributed by atoms with Crippen molar-refractivity contribution in [3.05, 3.63) is 24.4 Å². The van der Waals surface area contributed by atoms with Gasteiger partial charge in [-0.05, 0) is 25.3 Å². The molecule has 0 radical (unpaired) electrons. The maximum atomic E-state index is 13.6. The lowest BCUT2D eigenvalue weighted by Crippen LogP contribution is -2.23. The highest BCUT2D eigenvalue weighted by atomic mass is 19.3. The van der Waals surface area contributed by atoms with E-state index in [2.05, 4.69) is 15.3 Å². The molecule has 22 heavy (non-hydrogen) atoms. The molecule has 1 aliphatic rings. The number of halogens is 2. The van der Waals surface area contributed by atoms with Crippen LogP contribution in [0.2, 0.25) is 0 Å². The van der Waals surface area contributed by atoms with E-state index >= 15 is 0 Å². The second kappa shape index (κ2) is 5.98. The van der Waals surface area contributed by atoms with Crippen LogP contribution in [-0.2, 0) is 6.54 Å². The number of aromatic nitrogens is 4. The fraction of sp³-hybridized carbons (Fsp3) is 0.533. The second-order valence-electron chi connectivity index (χ2n) is 5.57. The van der Waals surface area contributed by atoms with Crippen LogP contribution in [0.1, 0.15) is 25.7 Å². The normalized spacial score (nSPS) is 20.2. The Morgan fingerprint density at radius 2 is 2.23 bits per heavy atom. The number of aryl methyl sites for hydroxylation is 1. The minimum Gasteiger partial charge on any atom is -0.481 e. The number of hydrogen-bond donors (Lipinski definition) is 0. The van der Waals surface area contributed by atoms with Gasteiger partial charge < -0.3 is 4.74 Å². The molecular formula is C15H18F2N4O. The monoisotopic (exact) mass is 308 g/mol. The van der Waals surface area contributed by atoms with Gasteiger partial charge in [-0.25, -0.2) is 13.8 Å². The number of pyridine rings is 1. The van der Waals surface area contributed by atoms with Gasteiger partial charge in [-0.15, -0.1) is 5.10 Å². The van der Waals surface area contributed by atoms with Crippen LogP contribution in [0.3, 0.4) is 0 Å². The van der Waals surface area contributed by atoms with Crippen molar-refractivity contribution in [2.24, 2.45) is 5.92 Å². The van der Waals surface area contributed by atoms with E-state index in [0.717, 1.165) is 0 Å². The summed E-state index contributed by atoms with van der Waals surface area (Å²) in [5.74, 6) is -2.58. The summed E-state index contributed by atoms with van der Waals surface area (Å²) in [4.78, 5) is 4.28. The van der Waals surface area contributed by atoms with Gasteiger partial charge in [0.15, 0.2) is 0 Å². The standard InChI is InChI=1S/C15H18F2N4O/c1-22-14-6-2-5-12(18-14)13-10-21(20-19-13)9-7-11-4-3-8-15(11,16)17/h2,5-6,10-11H,3-4,7-9H2,1H3. The Morgan fingerprint density at radius 3 is 2.95 bits per heavy atom. The first kappa shape index (κ1) is 14.9. The van der Waals surface area contributed by atoms with Crippen molar-refractivity contribution < 1.29 is 13.5 Å². The Bertz CT molecular complexity index is 644. The lowest BCUT2D eigenvalue weighted by Gasteiger charge is -2.18. The zero-order valence-corrected chi connectivity index (χ0v) is 12.4. The predicted octanol–water partition coefficient (Wildman–Crippen LogP) is 3.17. The molecule has 0 aliphatic heterocycles. The summed E-state index contributed by atoms with van der Waals surface area (Å²) in [5.41, 5.74) is 1.26. The van der Waals surface area contributed by atoms with Crippen molar-refractivity contribution in [3.8, 4) is 17.3 Å². The highest BCUT2D eigenvalue weighted by molar-refractivity contribution is 5.52. The molecule has 0 aromatic carbocycles. The second-order valence-corrected chi connectivity index (χ2v) is 5.57. The lowest BCUT2D eigenvalue weighted by molar-refractivity contribution is -0.0408. The average molecular weight is 308 g/mol. The summed E-state index contributed by atoms with van der Waals surface area (Å²) < 4.78 is 33.9. The molecule has 118 valence electrons. The highest BCUT2D eigenvalue weighted by Gasteiger charge is 2.43. The molecule has 1 atom stereocenters. The van der Waals surface area contributed by atoms with Crippen LogP contribution in [0.4, 0.5) is 8.78 Å². The first-order valence-corrected chi connectivity index (χ1v) is 7.38. The molecule has 2 heterocycles. The molecule has 5 nitrogen and oxygen atoms in total. The van der Waals surface area contributed by atoms with Crippen LogP contribution >= 0.6 is 0 Å². The van der Waals surface area contributed by atoms with E-state index in [1.165, 1.54) is 0 Å². The Morgan fingerprint density at radius 1 is 1.36 bits per heavy atom. The van der Waals surface area contributed by atoms with Crippen molar-refractivity contribution in [2.45, 2.75) is 38.2 Å². The van der Waals surface area contributed by atoms with E-state index in [0.29, 0.717) is 43.1 Å². The summed E-state index contributed by atoms with van der Waals surface area (Å²) in [7, 11) is 1.55. The molecule has 0 saturated heterocycles. The van der Waals surface area contributed by atoms with E-state index in [1.54, 1.807) is 24.1 Å². The van der Waals surface area contributed by atoms with Crippen LogP contribution in [-0.4, -0.2) is 33.0 Å². The van der Waals surface area contributed by atoms with Gasteiger partial charge in [0, 0.05) is 24.9 Å². The molecular weight excluding hydrogens is 290 g/mol. The van der Waals surface area contributed by atoms with Crippen molar-refractivity contribution in [3.63, 3.8) is 0 Å². The molecule has 1 fully saturated rings. The number of hydrogen-bond acceptors (Lipinski definition) is 4.